The van der Waals surface area contributed by atoms with Gasteiger partial charge >= 0.3 is 0 Å². The average molecular weight is 517 g/mol. The molecule has 2 aromatic carbocycles. The molecule has 30 heavy (non-hydrogen) atoms. The van der Waals surface area contributed by atoms with Crippen molar-refractivity contribution in [1.82, 2.24) is 25.5 Å². The number of benzene rings is 2. The Bertz CT molecular complexity index is 1010. The van der Waals surface area contributed by atoms with Crippen LogP contribution in [-0.2, 0) is 20.2 Å². The number of nitrogens with one attached hydrogen (secondary N) is 1. The van der Waals surface area contributed by atoms with Crippen LogP contribution in [0.4, 0.5) is 4.39 Å². The van der Waals surface area contributed by atoms with E-state index >= 15 is 0 Å². The molecule has 0 saturated heterocycles. The first-order valence-corrected chi connectivity index (χ1v) is 11.1. The van der Waals surface area contributed by atoms with Gasteiger partial charge in [-0.25, -0.2) is 9.07 Å². The van der Waals surface area contributed by atoms with E-state index in [0.717, 1.165) is 27.5 Å². The molecule has 3 aromatic rings. The molecule has 1 aromatic heterocycles. The van der Waals surface area contributed by atoms with Crippen LogP contribution in [0.5, 0.6) is 11.5 Å². The van der Waals surface area contributed by atoms with Gasteiger partial charge in [-0.3, -0.25) is 0 Å². The molecule has 0 radical (unpaired) electrons. The van der Waals surface area contributed by atoms with Crippen LogP contribution in [0.25, 0.3) is 0 Å². The molecule has 160 valence electrons. The van der Waals surface area contributed by atoms with E-state index in [0.29, 0.717) is 28.6 Å². The first-order valence-electron chi connectivity index (χ1n) is 8.97. The predicted octanol–water partition coefficient (Wildman–Crippen LogP) is 4.23. The molecule has 0 fully saturated rings. The Hall–Kier alpha value is -1.88. The zero-order chi connectivity index (χ0) is 21.5. The summed E-state index contributed by atoms with van der Waals surface area (Å²) < 4.78 is 27.1. The first kappa shape index (κ1) is 22.8. The number of tetrazole rings is 1. The van der Waals surface area contributed by atoms with Gasteiger partial charge in [0.15, 0.2) is 11.5 Å². The lowest BCUT2D eigenvalue weighted by atomic mass is 10.2. The summed E-state index contributed by atoms with van der Waals surface area (Å²) in [4.78, 5) is 0. The SMILES string of the molecule is COc1cc(CNCCSc2nnnn2C)c(Br)cc1OCc1ccc(F)cc1Cl. The number of nitrogens with zero attached hydrogens (tertiary/aromatic N) is 4. The summed E-state index contributed by atoms with van der Waals surface area (Å²) in [6, 6.07) is 7.99. The van der Waals surface area contributed by atoms with E-state index in [1.54, 1.807) is 29.6 Å². The van der Waals surface area contributed by atoms with Gasteiger partial charge in [-0.05, 0) is 40.3 Å². The molecule has 0 atom stereocenters. The minimum atomic E-state index is -0.382. The lowest BCUT2D eigenvalue weighted by Gasteiger charge is -2.15. The zero-order valence-corrected chi connectivity index (χ0v) is 19.5. The van der Waals surface area contributed by atoms with E-state index in [1.165, 1.54) is 12.1 Å². The molecule has 0 amide bonds. The summed E-state index contributed by atoms with van der Waals surface area (Å²) in [6.07, 6.45) is 0. The maximum atomic E-state index is 13.2. The maximum Gasteiger partial charge on any atom is 0.209 e. The van der Waals surface area contributed by atoms with Crippen LogP contribution in [0.3, 0.4) is 0 Å². The second-order valence-corrected chi connectivity index (χ2v) is 8.55. The maximum absolute atomic E-state index is 13.2. The fourth-order valence-corrected chi connectivity index (χ4v) is 3.99. The number of aryl methyl sites for hydroxylation is 1. The largest absolute Gasteiger partial charge is 0.493 e. The molecular weight excluding hydrogens is 497 g/mol. The summed E-state index contributed by atoms with van der Waals surface area (Å²) >= 11 is 11.2. The average Bonchev–Trinajstić information content (AvgIpc) is 3.13. The number of thioether (sulfide) groups is 1. The smallest absolute Gasteiger partial charge is 0.209 e. The van der Waals surface area contributed by atoms with Gasteiger partial charge in [-0.2, -0.15) is 0 Å². The van der Waals surface area contributed by atoms with E-state index in [9.17, 15) is 4.39 Å². The highest BCUT2D eigenvalue weighted by molar-refractivity contribution is 9.10. The normalized spacial score (nSPS) is 11.0. The van der Waals surface area contributed by atoms with Gasteiger partial charge in [-0.1, -0.05) is 45.4 Å². The molecule has 0 saturated carbocycles. The number of hydrogen-bond acceptors (Lipinski definition) is 7. The van der Waals surface area contributed by atoms with Crippen molar-refractivity contribution in [1.29, 1.82) is 0 Å². The Balaban J connectivity index is 1.55. The third kappa shape index (κ3) is 6.07. The molecule has 0 spiro atoms. The van der Waals surface area contributed by atoms with Crippen molar-refractivity contribution in [3.8, 4) is 11.5 Å². The fraction of sp³-hybridized carbons (Fsp3) is 0.316. The number of hydrogen-bond donors (Lipinski definition) is 1. The molecule has 11 heteroatoms. The molecular formula is C19H20BrClFN5O2S. The number of halogens is 3. The monoisotopic (exact) mass is 515 g/mol. The molecule has 0 aliphatic rings. The van der Waals surface area contributed by atoms with Gasteiger partial charge in [-0.15, -0.1) is 5.10 Å². The van der Waals surface area contributed by atoms with Crippen molar-refractivity contribution in [3.63, 3.8) is 0 Å². The summed E-state index contributed by atoms with van der Waals surface area (Å²) in [5.41, 5.74) is 1.72. The zero-order valence-electron chi connectivity index (χ0n) is 16.4. The van der Waals surface area contributed by atoms with Gasteiger partial charge in [0.2, 0.25) is 5.16 Å². The predicted molar refractivity (Wildman–Crippen MR) is 118 cm³/mol. The Morgan fingerprint density at radius 2 is 2.07 bits per heavy atom. The van der Waals surface area contributed by atoms with Crippen molar-refractivity contribution in [2.24, 2.45) is 7.05 Å². The second-order valence-electron chi connectivity index (χ2n) is 6.23. The summed E-state index contributed by atoms with van der Waals surface area (Å²) in [6.45, 7) is 1.64. The Kier molecular flexibility index (Phi) is 8.32. The summed E-state index contributed by atoms with van der Waals surface area (Å²) in [7, 11) is 3.40. The number of rotatable bonds is 10. The van der Waals surface area contributed by atoms with Crippen LogP contribution in [0.15, 0.2) is 40.0 Å². The molecule has 1 N–H and O–H groups in total. The van der Waals surface area contributed by atoms with Crippen molar-refractivity contribution in [3.05, 3.63) is 56.8 Å². The minimum absolute atomic E-state index is 0.202. The highest BCUT2D eigenvalue weighted by atomic mass is 79.9. The third-order valence-electron chi connectivity index (χ3n) is 4.14. The molecule has 0 aliphatic heterocycles. The van der Waals surface area contributed by atoms with Gasteiger partial charge in [0, 0.05) is 35.9 Å². The first-order chi connectivity index (χ1) is 14.5. The molecule has 1 heterocycles. The van der Waals surface area contributed by atoms with E-state index in [1.807, 2.05) is 19.2 Å². The molecule has 7 nitrogen and oxygen atoms in total. The lowest BCUT2D eigenvalue weighted by molar-refractivity contribution is 0.284. The molecule has 3 rings (SSSR count). The van der Waals surface area contributed by atoms with E-state index in [-0.39, 0.29) is 12.4 Å². The lowest BCUT2D eigenvalue weighted by Crippen LogP contribution is -2.17. The van der Waals surface area contributed by atoms with Crippen molar-refractivity contribution in [2.75, 3.05) is 19.4 Å². The van der Waals surface area contributed by atoms with Gasteiger partial charge in [0.25, 0.3) is 0 Å². The van der Waals surface area contributed by atoms with Crippen molar-refractivity contribution < 1.29 is 13.9 Å². The van der Waals surface area contributed by atoms with Gasteiger partial charge < -0.3 is 14.8 Å². The van der Waals surface area contributed by atoms with Gasteiger partial charge in [0.1, 0.15) is 12.4 Å². The van der Waals surface area contributed by atoms with Crippen molar-refractivity contribution in [2.45, 2.75) is 18.3 Å². The quantitative estimate of drug-likeness (QED) is 0.319. The topological polar surface area (TPSA) is 74.1 Å². The summed E-state index contributed by atoms with van der Waals surface area (Å²) in [5, 5.41) is 15.8. The number of ether oxygens (including phenoxy) is 2. The van der Waals surface area contributed by atoms with Crippen molar-refractivity contribution >= 4 is 39.3 Å². The fourth-order valence-electron chi connectivity index (χ4n) is 2.56. The molecule has 0 unspecified atom stereocenters. The molecule has 0 bridgehead atoms. The van der Waals surface area contributed by atoms with Crippen LogP contribution in [0.1, 0.15) is 11.1 Å². The standard InChI is InChI=1S/C19H20BrClFN5O2S/c1-27-19(24-25-26-27)30-6-5-23-10-13-7-17(28-2)18(9-15(13)20)29-11-12-3-4-14(22)8-16(12)21/h3-4,7-9,23H,5-6,10-11H2,1-2H3. The molecule has 0 aliphatic carbocycles. The van der Waals surface area contributed by atoms with E-state index in [4.69, 9.17) is 21.1 Å². The van der Waals surface area contributed by atoms with Gasteiger partial charge in [0.05, 0.1) is 12.1 Å². The minimum Gasteiger partial charge on any atom is -0.493 e. The van der Waals surface area contributed by atoms with Crippen LogP contribution >= 0.6 is 39.3 Å². The number of methoxy groups -OCH3 is 1. The Morgan fingerprint density at radius 3 is 2.77 bits per heavy atom. The van der Waals surface area contributed by atoms with Crippen LogP contribution in [0, 0.1) is 5.82 Å². The second kappa shape index (κ2) is 10.9. The Labute approximate surface area is 191 Å². The Morgan fingerprint density at radius 1 is 1.23 bits per heavy atom. The highest BCUT2D eigenvalue weighted by Gasteiger charge is 2.12. The highest BCUT2D eigenvalue weighted by Crippen LogP contribution is 2.34. The van der Waals surface area contributed by atoms with Crippen LogP contribution in [0.2, 0.25) is 5.02 Å². The van der Waals surface area contributed by atoms with Crippen LogP contribution in [-0.4, -0.2) is 39.6 Å². The third-order valence-corrected chi connectivity index (χ3v) is 6.24. The summed E-state index contributed by atoms with van der Waals surface area (Å²) in [5.74, 6) is 1.63. The number of aromatic nitrogens is 4. The van der Waals surface area contributed by atoms with E-state index in [2.05, 4.69) is 36.8 Å². The van der Waals surface area contributed by atoms with Crippen LogP contribution < -0.4 is 14.8 Å². The van der Waals surface area contributed by atoms with E-state index < -0.39 is 0 Å².